The summed E-state index contributed by atoms with van der Waals surface area (Å²) in [4.78, 5) is 0. The van der Waals surface area contributed by atoms with E-state index in [4.69, 9.17) is 15.2 Å². The van der Waals surface area contributed by atoms with Gasteiger partial charge in [0.25, 0.3) is 0 Å². The molecular formula is C9H11NO3. The van der Waals surface area contributed by atoms with Crippen molar-refractivity contribution in [2.75, 3.05) is 13.3 Å². The van der Waals surface area contributed by atoms with Gasteiger partial charge in [0, 0.05) is 6.54 Å². The van der Waals surface area contributed by atoms with Crippen LogP contribution >= 0.6 is 0 Å². The maximum absolute atomic E-state index is 9.44. The Morgan fingerprint density at radius 1 is 1.38 bits per heavy atom. The van der Waals surface area contributed by atoms with Crippen LogP contribution < -0.4 is 15.2 Å². The van der Waals surface area contributed by atoms with Crippen LogP contribution in [-0.2, 0) is 0 Å². The van der Waals surface area contributed by atoms with E-state index in [-0.39, 0.29) is 13.3 Å². The Bertz CT molecular complexity index is 314. The first kappa shape index (κ1) is 8.34. The molecule has 4 nitrogen and oxygen atoms in total. The zero-order chi connectivity index (χ0) is 9.26. The molecule has 4 heteroatoms. The van der Waals surface area contributed by atoms with Crippen LogP contribution in [0.25, 0.3) is 0 Å². The highest BCUT2D eigenvalue weighted by Crippen LogP contribution is 2.33. The molecule has 0 saturated heterocycles. The van der Waals surface area contributed by atoms with Gasteiger partial charge >= 0.3 is 0 Å². The summed E-state index contributed by atoms with van der Waals surface area (Å²) in [6.07, 6.45) is -0.630. The van der Waals surface area contributed by atoms with Gasteiger partial charge in [-0.1, -0.05) is 6.07 Å². The molecule has 1 aromatic carbocycles. The smallest absolute Gasteiger partial charge is 0.231 e. The van der Waals surface area contributed by atoms with Crippen LogP contribution in [0.1, 0.15) is 11.7 Å². The van der Waals surface area contributed by atoms with Crippen LogP contribution in [0.15, 0.2) is 18.2 Å². The van der Waals surface area contributed by atoms with Crippen molar-refractivity contribution in [1.29, 1.82) is 0 Å². The molecule has 0 aromatic heterocycles. The lowest BCUT2D eigenvalue weighted by atomic mass is 10.1. The van der Waals surface area contributed by atoms with Crippen molar-refractivity contribution in [3.8, 4) is 11.5 Å². The number of hydrogen-bond donors (Lipinski definition) is 2. The van der Waals surface area contributed by atoms with E-state index in [0.29, 0.717) is 11.5 Å². The van der Waals surface area contributed by atoms with Gasteiger partial charge in [0.15, 0.2) is 11.5 Å². The van der Waals surface area contributed by atoms with Gasteiger partial charge in [0.05, 0.1) is 6.10 Å². The Hall–Kier alpha value is -1.26. The number of aliphatic hydroxyl groups excluding tert-OH is 1. The molecule has 0 fully saturated rings. The van der Waals surface area contributed by atoms with Crippen LogP contribution in [0.3, 0.4) is 0 Å². The van der Waals surface area contributed by atoms with Crippen molar-refractivity contribution in [3.63, 3.8) is 0 Å². The molecule has 1 heterocycles. The predicted molar refractivity (Wildman–Crippen MR) is 46.6 cm³/mol. The van der Waals surface area contributed by atoms with Gasteiger partial charge in [-0.2, -0.15) is 0 Å². The third-order valence-corrected chi connectivity index (χ3v) is 2.00. The lowest BCUT2D eigenvalue weighted by Crippen LogP contribution is -2.11. The van der Waals surface area contributed by atoms with E-state index in [1.165, 1.54) is 0 Å². The van der Waals surface area contributed by atoms with E-state index in [1.807, 2.05) is 0 Å². The highest BCUT2D eigenvalue weighted by Gasteiger charge is 2.15. The summed E-state index contributed by atoms with van der Waals surface area (Å²) in [5.74, 6) is 1.39. The van der Waals surface area contributed by atoms with Gasteiger partial charge in [-0.3, -0.25) is 0 Å². The summed E-state index contributed by atoms with van der Waals surface area (Å²) < 4.78 is 10.3. The molecule has 70 valence electrons. The minimum atomic E-state index is -0.630. The summed E-state index contributed by atoms with van der Waals surface area (Å²) in [5.41, 5.74) is 6.08. The maximum Gasteiger partial charge on any atom is 0.231 e. The predicted octanol–water partition coefficient (Wildman–Crippen LogP) is 0.407. The molecule has 1 aliphatic rings. The Balaban J connectivity index is 2.30. The zero-order valence-electron chi connectivity index (χ0n) is 7.06. The standard InChI is InChI=1S/C9H11NO3/c10-4-7(11)6-1-2-8-9(3-6)13-5-12-8/h1-3,7,11H,4-5,10H2/t7-/m0/s1. The SMILES string of the molecule is NC[C@H](O)c1ccc2c(c1)OCO2. The molecule has 3 N–H and O–H groups in total. The van der Waals surface area contributed by atoms with E-state index in [0.717, 1.165) is 5.56 Å². The summed E-state index contributed by atoms with van der Waals surface area (Å²) in [7, 11) is 0. The van der Waals surface area contributed by atoms with E-state index in [1.54, 1.807) is 18.2 Å². The average molecular weight is 181 g/mol. The van der Waals surface area contributed by atoms with Crippen molar-refractivity contribution in [2.24, 2.45) is 5.73 Å². The van der Waals surface area contributed by atoms with Gasteiger partial charge in [-0.25, -0.2) is 0 Å². The van der Waals surface area contributed by atoms with E-state index in [9.17, 15) is 5.11 Å². The fraction of sp³-hybridized carbons (Fsp3) is 0.333. The molecule has 2 rings (SSSR count). The highest BCUT2D eigenvalue weighted by molar-refractivity contribution is 5.45. The largest absolute Gasteiger partial charge is 0.454 e. The first-order valence-electron chi connectivity index (χ1n) is 4.09. The quantitative estimate of drug-likeness (QED) is 0.693. The third kappa shape index (κ3) is 1.46. The minimum absolute atomic E-state index is 0.208. The molecule has 0 aliphatic carbocycles. The Kier molecular flexibility index (Phi) is 2.08. The summed E-state index contributed by atoms with van der Waals surface area (Å²) in [6, 6.07) is 5.31. The second kappa shape index (κ2) is 3.24. The number of aliphatic hydroxyl groups is 1. The van der Waals surface area contributed by atoms with Gasteiger partial charge in [-0.05, 0) is 17.7 Å². The number of benzene rings is 1. The van der Waals surface area contributed by atoms with Crippen molar-refractivity contribution in [2.45, 2.75) is 6.10 Å². The lowest BCUT2D eigenvalue weighted by molar-refractivity contribution is 0.172. The van der Waals surface area contributed by atoms with Crippen LogP contribution in [0, 0.1) is 0 Å². The van der Waals surface area contributed by atoms with Gasteiger partial charge in [0.2, 0.25) is 6.79 Å². The monoisotopic (exact) mass is 181 g/mol. The Labute approximate surface area is 75.9 Å². The average Bonchev–Trinajstić information content (AvgIpc) is 2.63. The summed E-state index contributed by atoms with van der Waals surface area (Å²) in [6.45, 7) is 0.456. The lowest BCUT2D eigenvalue weighted by Gasteiger charge is -2.07. The van der Waals surface area contributed by atoms with Gasteiger partial charge < -0.3 is 20.3 Å². The molecule has 13 heavy (non-hydrogen) atoms. The van der Waals surface area contributed by atoms with Gasteiger partial charge in [0.1, 0.15) is 0 Å². The number of nitrogens with two attached hydrogens (primary N) is 1. The fourth-order valence-corrected chi connectivity index (χ4v) is 1.26. The fourth-order valence-electron chi connectivity index (χ4n) is 1.26. The number of fused-ring (bicyclic) bond motifs is 1. The molecule has 0 bridgehead atoms. The molecule has 0 spiro atoms. The van der Waals surface area contributed by atoms with Crippen LogP contribution in [0.4, 0.5) is 0 Å². The number of ether oxygens (including phenoxy) is 2. The van der Waals surface area contributed by atoms with E-state index < -0.39 is 6.10 Å². The van der Waals surface area contributed by atoms with Crippen LogP contribution in [-0.4, -0.2) is 18.4 Å². The van der Waals surface area contributed by atoms with Gasteiger partial charge in [-0.15, -0.1) is 0 Å². The van der Waals surface area contributed by atoms with Crippen molar-refractivity contribution >= 4 is 0 Å². The zero-order valence-corrected chi connectivity index (χ0v) is 7.06. The molecule has 1 atom stereocenters. The highest BCUT2D eigenvalue weighted by atomic mass is 16.7. The molecular weight excluding hydrogens is 170 g/mol. The van der Waals surface area contributed by atoms with Crippen molar-refractivity contribution in [1.82, 2.24) is 0 Å². The number of hydrogen-bond acceptors (Lipinski definition) is 4. The summed E-state index contributed by atoms with van der Waals surface area (Å²) >= 11 is 0. The minimum Gasteiger partial charge on any atom is -0.454 e. The molecule has 0 saturated carbocycles. The van der Waals surface area contributed by atoms with Crippen molar-refractivity contribution in [3.05, 3.63) is 23.8 Å². The number of rotatable bonds is 2. The third-order valence-electron chi connectivity index (χ3n) is 2.00. The second-order valence-electron chi connectivity index (χ2n) is 2.86. The second-order valence-corrected chi connectivity index (χ2v) is 2.86. The molecule has 0 amide bonds. The normalized spacial score (nSPS) is 15.8. The molecule has 0 unspecified atom stereocenters. The van der Waals surface area contributed by atoms with Crippen LogP contribution in [0.5, 0.6) is 11.5 Å². The van der Waals surface area contributed by atoms with E-state index >= 15 is 0 Å². The molecule has 0 radical (unpaired) electrons. The van der Waals surface area contributed by atoms with Crippen LogP contribution in [0.2, 0.25) is 0 Å². The summed E-state index contributed by atoms with van der Waals surface area (Å²) in [5, 5.41) is 9.44. The Morgan fingerprint density at radius 2 is 2.15 bits per heavy atom. The van der Waals surface area contributed by atoms with E-state index in [2.05, 4.69) is 0 Å². The first-order valence-corrected chi connectivity index (χ1v) is 4.09. The maximum atomic E-state index is 9.44. The molecule has 1 aromatic rings. The first-order chi connectivity index (χ1) is 6.31. The Morgan fingerprint density at radius 3 is 2.92 bits per heavy atom. The molecule has 1 aliphatic heterocycles. The van der Waals surface area contributed by atoms with Crippen molar-refractivity contribution < 1.29 is 14.6 Å². The topological polar surface area (TPSA) is 64.7 Å².